The fourth-order valence-corrected chi connectivity index (χ4v) is 3.95. The van der Waals surface area contributed by atoms with Crippen LogP contribution in [-0.4, -0.2) is 11.5 Å². The first-order valence-corrected chi connectivity index (χ1v) is 10.3. The van der Waals surface area contributed by atoms with E-state index in [0.29, 0.717) is 0 Å². The van der Waals surface area contributed by atoms with Crippen molar-refractivity contribution in [3.63, 3.8) is 0 Å². The second kappa shape index (κ2) is 10.0. The minimum atomic E-state index is 1.13. The van der Waals surface area contributed by atoms with Crippen LogP contribution < -0.4 is 0 Å². The van der Waals surface area contributed by atoms with Crippen LogP contribution in [0.4, 0.5) is 0 Å². The number of hydrogen-bond donors (Lipinski definition) is 0. The Morgan fingerprint density at radius 3 is 1.68 bits per heavy atom. The summed E-state index contributed by atoms with van der Waals surface area (Å²) in [5.74, 6) is 2.37. The third-order valence-corrected chi connectivity index (χ3v) is 5.61. The van der Waals surface area contributed by atoms with Crippen LogP contribution in [-0.2, 0) is 0 Å². The monoisotopic (exact) mass is 330 g/mol. The van der Waals surface area contributed by atoms with Gasteiger partial charge in [0.2, 0.25) is 0 Å². The zero-order valence-corrected chi connectivity index (χ0v) is 15.3. The van der Waals surface area contributed by atoms with Crippen LogP contribution in [0.2, 0.25) is 0 Å². The Kier molecular flexibility index (Phi) is 7.96. The third kappa shape index (κ3) is 5.73. The van der Waals surface area contributed by atoms with E-state index in [1.807, 2.05) is 23.5 Å². The minimum absolute atomic E-state index is 1.13. The van der Waals surface area contributed by atoms with Crippen molar-refractivity contribution >= 4 is 23.5 Å². The summed E-state index contributed by atoms with van der Waals surface area (Å²) in [6.07, 6.45) is 5.38. The van der Waals surface area contributed by atoms with Gasteiger partial charge in [-0.3, -0.25) is 0 Å². The first-order valence-electron chi connectivity index (χ1n) is 8.29. The lowest BCUT2D eigenvalue weighted by Gasteiger charge is -2.06. The normalized spacial score (nSPS) is 10.8. The molecule has 0 saturated carbocycles. The van der Waals surface area contributed by atoms with Crippen molar-refractivity contribution in [3.05, 3.63) is 48.5 Å². The highest BCUT2D eigenvalue weighted by Gasteiger charge is 2.00. The van der Waals surface area contributed by atoms with Gasteiger partial charge in [0.05, 0.1) is 0 Å². The average Bonchev–Trinajstić information content (AvgIpc) is 2.56. The molecule has 0 aliphatic rings. The van der Waals surface area contributed by atoms with Crippen LogP contribution in [0.25, 0.3) is 11.1 Å². The zero-order chi connectivity index (χ0) is 15.6. The summed E-state index contributed by atoms with van der Waals surface area (Å²) in [7, 11) is 0. The Balaban J connectivity index is 1.88. The van der Waals surface area contributed by atoms with Crippen LogP contribution in [0, 0.1) is 0 Å². The van der Waals surface area contributed by atoms with Gasteiger partial charge in [0, 0.05) is 9.79 Å². The van der Waals surface area contributed by atoms with Crippen LogP contribution in [0.1, 0.15) is 39.5 Å². The molecule has 0 nitrogen and oxygen atoms in total. The average molecular weight is 331 g/mol. The molecule has 0 aromatic heterocycles. The lowest BCUT2D eigenvalue weighted by molar-refractivity contribution is 0.706. The Bertz CT molecular complexity index is 529. The summed E-state index contributed by atoms with van der Waals surface area (Å²) >= 11 is 3.87. The topological polar surface area (TPSA) is 0 Å². The summed E-state index contributed by atoms with van der Waals surface area (Å²) in [6, 6.07) is 17.9. The molecule has 2 aromatic carbocycles. The van der Waals surface area contributed by atoms with Crippen molar-refractivity contribution in [1.82, 2.24) is 0 Å². The van der Waals surface area contributed by atoms with E-state index in [1.54, 1.807) is 0 Å². The first-order chi connectivity index (χ1) is 10.8. The van der Waals surface area contributed by atoms with E-state index in [9.17, 15) is 0 Å². The number of thioether (sulfide) groups is 2. The smallest absolute Gasteiger partial charge is 0.00723 e. The summed E-state index contributed by atoms with van der Waals surface area (Å²) in [5, 5.41) is 0. The highest BCUT2D eigenvalue weighted by atomic mass is 32.2. The van der Waals surface area contributed by atoms with Crippen molar-refractivity contribution in [1.29, 1.82) is 0 Å². The van der Waals surface area contributed by atoms with Crippen molar-refractivity contribution in [3.8, 4) is 11.1 Å². The van der Waals surface area contributed by atoms with Gasteiger partial charge in [-0.25, -0.2) is 0 Å². The van der Waals surface area contributed by atoms with Gasteiger partial charge in [0.15, 0.2) is 0 Å². The fourth-order valence-electron chi connectivity index (χ4n) is 2.37. The largest absolute Gasteiger partial charge is 0.126 e. The molecule has 22 heavy (non-hydrogen) atoms. The van der Waals surface area contributed by atoms with Gasteiger partial charge < -0.3 is 0 Å². The molecule has 0 saturated heterocycles. The maximum absolute atomic E-state index is 2.26. The molecule has 0 aliphatic carbocycles. The quantitative estimate of drug-likeness (QED) is 0.354. The lowest BCUT2D eigenvalue weighted by atomic mass is 10.1. The van der Waals surface area contributed by atoms with Crippen molar-refractivity contribution in [2.45, 2.75) is 49.3 Å². The summed E-state index contributed by atoms with van der Waals surface area (Å²) < 4.78 is 0. The summed E-state index contributed by atoms with van der Waals surface area (Å²) in [6.45, 7) is 4.45. The minimum Gasteiger partial charge on any atom is -0.126 e. The molecule has 0 atom stereocenters. The lowest BCUT2D eigenvalue weighted by Crippen LogP contribution is -1.82. The summed E-state index contributed by atoms with van der Waals surface area (Å²) in [4.78, 5) is 2.74. The van der Waals surface area contributed by atoms with Crippen LogP contribution in [0.5, 0.6) is 0 Å². The van der Waals surface area contributed by atoms with E-state index in [4.69, 9.17) is 0 Å². The predicted molar refractivity (Wildman–Crippen MR) is 103 cm³/mol. The molecule has 0 spiro atoms. The highest BCUT2D eigenvalue weighted by Crippen LogP contribution is 2.27. The second-order valence-corrected chi connectivity index (χ2v) is 7.90. The van der Waals surface area contributed by atoms with E-state index in [-0.39, 0.29) is 0 Å². The fraction of sp³-hybridized carbons (Fsp3) is 0.400. The SMILES string of the molecule is CCCCCCSc1ccc(-c2ccc(SCC)cc2)cc1. The van der Waals surface area contributed by atoms with Crippen LogP contribution >= 0.6 is 23.5 Å². The number of unbranched alkanes of at least 4 members (excludes halogenated alkanes) is 3. The molecule has 2 rings (SSSR count). The molecule has 0 aliphatic heterocycles. The Morgan fingerprint density at radius 2 is 1.18 bits per heavy atom. The molecular weight excluding hydrogens is 304 g/mol. The Hall–Kier alpha value is -0.860. The molecular formula is C20H26S2. The van der Waals surface area contributed by atoms with Gasteiger partial charge in [-0.1, -0.05) is 57.4 Å². The molecule has 0 fully saturated rings. The molecule has 0 unspecified atom stereocenters. The Labute approximate surface area is 144 Å². The van der Waals surface area contributed by atoms with E-state index in [0.717, 1.165) is 5.75 Å². The van der Waals surface area contributed by atoms with Crippen molar-refractivity contribution in [2.75, 3.05) is 11.5 Å². The molecule has 2 heteroatoms. The molecule has 2 aromatic rings. The molecule has 0 radical (unpaired) electrons. The van der Waals surface area contributed by atoms with Gasteiger partial charge in [-0.05, 0) is 53.3 Å². The first kappa shape index (κ1) is 17.5. The van der Waals surface area contributed by atoms with Gasteiger partial charge in [-0.15, -0.1) is 23.5 Å². The zero-order valence-electron chi connectivity index (χ0n) is 13.7. The van der Waals surface area contributed by atoms with Gasteiger partial charge in [0.25, 0.3) is 0 Å². The number of hydrogen-bond acceptors (Lipinski definition) is 2. The second-order valence-electron chi connectivity index (χ2n) is 5.39. The molecule has 0 amide bonds. The maximum Gasteiger partial charge on any atom is 0.00723 e. The highest BCUT2D eigenvalue weighted by molar-refractivity contribution is 7.99. The van der Waals surface area contributed by atoms with Crippen LogP contribution in [0.3, 0.4) is 0 Å². The van der Waals surface area contributed by atoms with Crippen LogP contribution in [0.15, 0.2) is 58.3 Å². The van der Waals surface area contributed by atoms with Gasteiger partial charge in [-0.2, -0.15) is 0 Å². The summed E-state index contributed by atoms with van der Waals surface area (Å²) in [5.41, 5.74) is 2.61. The molecule has 118 valence electrons. The number of rotatable bonds is 9. The number of benzene rings is 2. The van der Waals surface area contributed by atoms with Gasteiger partial charge in [0.1, 0.15) is 0 Å². The van der Waals surface area contributed by atoms with E-state index in [1.165, 1.54) is 52.4 Å². The maximum atomic E-state index is 2.26. The Morgan fingerprint density at radius 1 is 0.636 bits per heavy atom. The molecule has 0 heterocycles. The van der Waals surface area contributed by atoms with E-state index >= 15 is 0 Å². The predicted octanol–water partition coefficient (Wildman–Crippen LogP) is 7.14. The van der Waals surface area contributed by atoms with Crippen molar-refractivity contribution < 1.29 is 0 Å². The molecule has 0 N–H and O–H groups in total. The van der Waals surface area contributed by atoms with E-state index < -0.39 is 0 Å². The molecule has 0 bridgehead atoms. The third-order valence-electron chi connectivity index (χ3n) is 3.62. The van der Waals surface area contributed by atoms with Crippen molar-refractivity contribution in [2.24, 2.45) is 0 Å². The standard InChI is InChI=1S/C20H26S2/c1-3-5-6-7-16-22-20-14-10-18(11-15-20)17-8-12-19(13-9-17)21-4-2/h8-15H,3-7,16H2,1-2H3. The van der Waals surface area contributed by atoms with E-state index in [2.05, 4.69) is 62.4 Å². The van der Waals surface area contributed by atoms with Gasteiger partial charge >= 0.3 is 0 Å².